The largest absolute Gasteiger partial charge is 0.449 e. The highest BCUT2D eigenvalue weighted by atomic mass is 32.2. The Morgan fingerprint density at radius 1 is 1.03 bits per heavy atom. The topological polar surface area (TPSA) is 125 Å². The molecule has 8 nitrogen and oxygen atoms in total. The number of nitrogens with zero attached hydrogens (tertiary/aromatic N) is 1. The number of sulfonamides is 1. The van der Waals surface area contributed by atoms with Gasteiger partial charge in [-0.15, -0.1) is 0 Å². The van der Waals surface area contributed by atoms with E-state index in [4.69, 9.17) is 4.74 Å². The van der Waals surface area contributed by atoms with Crippen molar-refractivity contribution < 1.29 is 22.7 Å². The molecule has 0 spiro atoms. The second-order valence-corrected chi connectivity index (χ2v) is 9.68. The molecule has 0 aliphatic carbocycles. The first-order chi connectivity index (χ1) is 14.9. The van der Waals surface area contributed by atoms with E-state index in [0.717, 1.165) is 5.56 Å². The molecule has 2 aromatic carbocycles. The van der Waals surface area contributed by atoms with E-state index < -0.39 is 33.5 Å². The third-order valence-corrected chi connectivity index (χ3v) is 6.52. The molecule has 2 aromatic rings. The lowest BCUT2D eigenvalue weighted by Gasteiger charge is -2.28. The number of anilines is 1. The van der Waals surface area contributed by atoms with Crippen LogP contribution in [0, 0.1) is 24.2 Å². The summed E-state index contributed by atoms with van der Waals surface area (Å²) in [6.07, 6.45) is -1.14. The van der Waals surface area contributed by atoms with Crippen LogP contribution in [-0.4, -0.2) is 31.9 Å². The first kappa shape index (κ1) is 24.9. The second kappa shape index (κ2) is 9.83. The number of hydrogen-bond donors (Lipinski definition) is 2. The van der Waals surface area contributed by atoms with Gasteiger partial charge in [0.05, 0.1) is 16.5 Å². The van der Waals surface area contributed by atoms with Gasteiger partial charge in [-0.25, -0.2) is 13.2 Å². The average molecular weight is 458 g/mol. The smallest absolute Gasteiger partial charge is 0.338 e. The van der Waals surface area contributed by atoms with Crippen LogP contribution in [0.15, 0.2) is 53.4 Å². The minimum absolute atomic E-state index is 0.0258. The summed E-state index contributed by atoms with van der Waals surface area (Å²) in [7, 11) is -3.83. The summed E-state index contributed by atoms with van der Waals surface area (Å²) in [4.78, 5) is 24.7. The van der Waals surface area contributed by atoms with Gasteiger partial charge in [0.2, 0.25) is 0 Å². The van der Waals surface area contributed by atoms with Crippen molar-refractivity contribution in [3.05, 3.63) is 59.7 Å². The van der Waals surface area contributed by atoms with Crippen LogP contribution >= 0.6 is 0 Å². The van der Waals surface area contributed by atoms with E-state index in [2.05, 4.69) is 16.1 Å². The van der Waals surface area contributed by atoms with Gasteiger partial charge in [0, 0.05) is 5.69 Å². The summed E-state index contributed by atoms with van der Waals surface area (Å²) in [6, 6.07) is 14.1. The van der Waals surface area contributed by atoms with Gasteiger partial charge in [-0.05, 0) is 63.1 Å². The number of rotatable bonds is 8. The van der Waals surface area contributed by atoms with Gasteiger partial charge in [0.25, 0.3) is 15.9 Å². The zero-order valence-corrected chi connectivity index (χ0v) is 19.5. The third-order valence-electron chi connectivity index (χ3n) is 5.13. The number of carbonyl (C=O) groups is 2. The van der Waals surface area contributed by atoms with Gasteiger partial charge >= 0.3 is 5.97 Å². The molecule has 170 valence electrons. The molecule has 0 bridgehead atoms. The van der Waals surface area contributed by atoms with E-state index in [1.807, 2.05) is 6.92 Å². The molecule has 2 rings (SSSR count). The van der Waals surface area contributed by atoms with Gasteiger partial charge < -0.3 is 10.1 Å². The van der Waals surface area contributed by atoms with Crippen LogP contribution in [0.1, 0.15) is 43.6 Å². The molecule has 2 N–H and O–H groups in total. The number of hydrogen-bond acceptors (Lipinski definition) is 6. The Labute approximate surface area is 188 Å². The summed E-state index contributed by atoms with van der Waals surface area (Å²) >= 11 is 0. The maximum atomic E-state index is 12.5. The fourth-order valence-corrected chi connectivity index (χ4v) is 3.61. The minimum atomic E-state index is -3.83. The van der Waals surface area contributed by atoms with Crippen molar-refractivity contribution in [1.82, 2.24) is 5.32 Å². The lowest BCUT2D eigenvalue weighted by atomic mass is 9.90. The van der Waals surface area contributed by atoms with Crippen LogP contribution in [0.4, 0.5) is 5.69 Å². The number of nitrogens with one attached hydrogen (secondary N) is 2. The first-order valence-corrected chi connectivity index (χ1v) is 11.5. The summed E-state index contributed by atoms with van der Waals surface area (Å²) in [5.74, 6) is -1.54. The summed E-state index contributed by atoms with van der Waals surface area (Å²) in [5.41, 5.74) is 0.411. The summed E-state index contributed by atoms with van der Waals surface area (Å²) in [6.45, 7) is 8.48. The number of esters is 1. The fraction of sp³-hybridized carbons (Fsp3) is 0.348. The Hall–Kier alpha value is -3.38. The van der Waals surface area contributed by atoms with Gasteiger partial charge in [-0.3, -0.25) is 9.52 Å². The molecular formula is C23H27N3O5S. The number of benzene rings is 2. The van der Waals surface area contributed by atoms with Gasteiger partial charge in [0.1, 0.15) is 5.54 Å². The minimum Gasteiger partial charge on any atom is -0.449 e. The molecule has 0 aromatic heterocycles. The van der Waals surface area contributed by atoms with E-state index in [9.17, 15) is 23.3 Å². The molecule has 0 saturated carbocycles. The van der Waals surface area contributed by atoms with E-state index in [-0.39, 0.29) is 16.4 Å². The monoisotopic (exact) mass is 457 g/mol. The normalized spacial score (nSPS) is 14.0. The molecule has 0 unspecified atom stereocenters. The van der Waals surface area contributed by atoms with Crippen LogP contribution in [-0.2, 0) is 19.6 Å². The lowest BCUT2D eigenvalue weighted by Crippen LogP contribution is -2.52. The zero-order valence-electron chi connectivity index (χ0n) is 18.7. The Balaban J connectivity index is 2.05. The fourth-order valence-electron chi connectivity index (χ4n) is 2.55. The van der Waals surface area contributed by atoms with Crippen molar-refractivity contribution in [2.45, 2.75) is 51.2 Å². The van der Waals surface area contributed by atoms with Crippen molar-refractivity contribution in [2.75, 3.05) is 4.72 Å². The van der Waals surface area contributed by atoms with E-state index in [1.165, 1.54) is 31.2 Å². The molecule has 9 heteroatoms. The van der Waals surface area contributed by atoms with Crippen LogP contribution in [0.25, 0.3) is 0 Å². The van der Waals surface area contributed by atoms with Crippen LogP contribution < -0.4 is 10.0 Å². The lowest BCUT2D eigenvalue weighted by molar-refractivity contribution is -0.130. The predicted molar refractivity (Wildman–Crippen MR) is 120 cm³/mol. The third kappa shape index (κ3) is 6.08. The van der Waals surface area contributed by atoms with Crippen LogP contribution in [0.5, 0.6) is 0 Å². The van der Waals surface area contributed by atoms with Gasteiger partial charge in [-0.2, -0.15) is 5.26 Å². The molecule has 1 amide bonds. The highest BCUT2D eigenvalue weighted by molar-refractivity contribution is 7.92. The molecule has 2 atom stereocenters. The first-order valence-electron chi connectivity index (χ1n) is 10.0. The highest BCUT2D eigenvalue weighted by Gasteiger charge is 2.32. The highest BCUT2D eigenvalue weighted by Crippen LogP contribution is 2.18. The molecule has 0 aliphatic rings. The summed E-state index contributed by atoms with van der Waals surface area (Å²) in [5, 5.41) is 11.9. The maximum Gasteiger partial charge on any atom is 0.338 e. The Kier molecular flexibility index (Phi) is 7.65. The van der Waals surface area contributed by atoms with Crippen molar-refractivity contribution >= 4 is 27.6 Å². The zero-order chi connectivity index (χ0) is 24.1. The standard InChI is InChI=1S/C23H27N3O5S/c1-15(2)23(5,14-24)25-21(27)17(4)31-22(28)18-8-12-20(13-9-18)32(29,30)26-19-10-6-16(3)7-11-19/h6-13,15,17,26H,1-5H3,(H,25,27)/t17-,23-/m1/s1. The van der Waals surface area contributed by atoms with Crippen molar-refractivity contribution in [3.8, 4) is 6.07 Å². The van der Waals surface area contributed by atoms with E-state index in [0.29, 0.717) is 5.69 Å². The number of carbonyl (C=O) groups excluding carboxylic acids is 2. The van der Waals surface area contributed by atoms with E-state index in [1.54, 1.807) is 45.0 Å². The Bertz CT molecular complexity index is 1120. The molecule has 0 aliphatic heterocycles. The number of amides is 1. The van der Waals surface area contributed by atoms with Crippen molar-refractivity contribution in [3.63, 3.8) is 0 Å². The molecule has 0 heterocycles. The molecule has 0 saturated heterocycles. The van der Waals surface area contributed by atoms with Gasteiger partial charge in [-0.1, -0.05) is 31.5 Å². The number of nitriles is 1. The van der Waals surface area contributed by atoms with Crippen LogP contribution in [0.2, 0.25) is 0 Å². The molecular weight excluding hydrogens is 430 g/mol. The quantitative estimate of drug-likeness (QED) is 0.585. The Morgan fingerprint density at radius 3 is 2.09 bits per heavy atom. The second-order valence-electron chi connectivity index (χ2n) is 8.00. The maximum absolute atomic E-state index is 12.5. The van der Waals surface area contributed by atoms with Crippen LogP contribution in [0.3, 0.4) is 0 Å². The summed E-state index contributed by atoms with van der Waals surface area (Å²) < 4.78 is 32.7. The Morgan fingerprint density at radius 2 is 1.59 bits per heavy atom. The molecule has 0 radical (unpaired) electrons. The van der Waals surface area contributed by atoms with E-state index >= 15 is 0 Å². The number of aryl methyl sites for hydroxylation is 1. The average Bonchev–Trinajstić information content (AvgIpc) is 2.74. The van der Waals surface area contributed by atoms with Crippen molar-refractivity contribution in [1.29, 1.82) is 5.26 Å². The molecule has 32 heavy (non-hydrogen) atoms. The SMILES string of the molecule is Cc1ccc(NS(=O)(=O)c2ccc(C(=O)O[C@H](C)C(=O)N[C@](C)(C#N)C(C)C)cc2)cc1. The van der Waals surface area contributed by atoms with Gasteiger partial charge in [0.15, 0.2) is 6.10 Å². The number of ether oxygens (including phenoxy) is 1. The van der Waals surface area contributed by atoms with Crippen molar-refractivity contribution in [2.24, 2.45) is 5.92 Å². The molecule has 0 fully saturated rings. The predicted octanol–water partition coefficient (Wildman–Crippen LogP) is 3.40.